The summed E-state index contributed by atoms with van der Waals surface area (Å²) in [5, 5.41) is 33.0. The van der Waals surface area contributed by atoms with Crippen LogP contribution in [0.2, 0.25) is 5.02 Å². The van der Waals surface area contributed by atoms with Crippen LogP contribution in [0.3, 0.4) is 0 Å². The van der Waals surface area contributed by atoms with E-state index in [2.05, 4.69) is 42.8 Å². The first-order valence-corrected chi connectivity index (χ1v) is 27.6. The molecule has 2 aliphatic rings. The van der Waals surface area contributed by atoms with Gasteiger partial charge in [0, 0.05) is 69.6 Å². The maximum absolute atomic E-state index is 16.5. The van der Waals surface area contributed by atoms with Crippen molar-refractivity contribution < 1.29 is 57.2 Å². The summed E-state index contributed by atoms with van der Waals surface area (Å²) >= 11 is 8.12. The summed E-state index contributed by atoms with van der Waals surface area (Å²) in [6, 6.07) is 10.5. The molecule has 6 N–H and O–H groups in total. The summed E-state index contributed by atoms with van der Waals surface area (Å²) < 4.78 is 48.1. The number of piperazine rings is 1. The van der Waals surface area contributed by atoms with Crippen LogP contribution in [0.25, 0.3) is 32.5 Å². The Balaban J connectivity index is 0.785. The van der Waals surface area contributed by atoms with E-state index < -0.39 is 64.3 Å². The number of aryl methyl sites for hydroxylation is 1. The molecule has 3 aromatic carbocycles. The van der Waals surface area contributed by atoms with Gasteiger partial charge < -0.3 is 60.4 Å². The number of nitrogens with zero attached hydrogens (tertiary/aromatic N) is 6. The summed E-state index contributed by atoms with van der Waals surface area (Å²) in [5.41, 5.74) is 2.92. The minimum absolute atomic E-state index is 0.000661. The fraction of sp³-hybridized carbons (Fsp3) is 0.464. The Kier molecular flexibility index (Phi) is 21.4. The second-order valence-corrected chi connectivity index (χ2v) is 21.8. The molecule has 2 saturated heterocycles. The van der Waals surface area contributed by atoms with Crippen LogP contribution >= 0.6 is 22.9 Å². The third-order valence-corrected chi connectivity index (χ3v) is 14.9. The molecule has 5 aromatic rings. The Morgan fingerprint density at radius 3 is 2.30 bits per heavy atom. The normalized spacial score (nSPS) is 16.4. The van der Waals surface area contributed by atoms with E-state index in [4.69, 9.17) is 25.8 Å². The van der Waals surface area contributed by atoms with Gasteiger partial charge in [-0.15, -0.1) is 11.3 Å². The number of rotatable bonds is 26. The molecule has 2 aromatic heterocycles. The van der Waals surface area contributed by atoms with E-state index in [-0.39, 0.29) is 117 Å². The molecule has 80 heavy (non-hydrogen) atoms. The monoisotopic (exact) mass is 1150 g/mol. The van der Waals surface area contributed by atoms with Crippen molar-refractivity contribution in [3.8, 4) is 27.3 Å². The number of phenolic OH excluding ortho intramolecular Hbond substituents is 1. The van der Waals surface area contributed by atoms with Crippen molar-refractivity contribution in [2.75, 3.05) is 102 Å². The molecule has 0 saturated carbocycles. The number of likely N-dealkylation sites (tertiary alicyclic amines) is 1. The zero-order valence-electron chi connectivity index (χ0n) is 45.5. The Hall–Kier alpha value is -6.73. The first-order valence-electron chi connectivity index (χ1n) is 26.4. The van der Waals surface area contributed by atoms with Crippen molar-refractivity contribution in [2.24, 2.45) is 5.41 Å². The number of nitrogens with one attached hydrogen (secondary N) is 4. The number of benzene rings is 3. The summed E-state index contributed by atoms with van der Waals surface area (Å²) in [6.45, 7) is 15.3. The predicted octanol–water partition coefficient (Wildman–Crippen LogP) is 5.58. The standard InChI is InChI=1S/C56H69ClF2N10O10S/c1-7-45(74)67-18-20-68(21-19-67)52-39-28-40(57)46(47-41(58)9-8-10-43(47)72)48(59)49(39)65-55(66-52)61-16-15-37(70)29-60-17-22-77-23-24-78-25-26-79-31-44(73)64-51(56(4,5)6)54(76)69-30-38(71)27-42(69)53(75)63-33(2)35-11-13-36(14-12-35)50-34(3)62-32-80-50/h7-14,28,32-33,38,42,51,60,71-72H,1,15-27,29-31H2,2-6H3,(H,63,75)(H,64,73)(H,61,65,66)/t33-,38+,42-,51+/m0/s1. The lowest BCUT2D eigenvalue weighted by Crippen LogP contribution is -2.58. The molecule has 2 fully saturated rings. The second kappa shape index (κ2) is 28.1. The van der Waals surface area contributed by atoms with Crippen molar-refractivity contribution in [1.29, 1.82) is 0 Å². The number of ketones is 1. The van der Waals surface area contributed by atoms with Gasteiger partial charge in [0.25, 0.3) is 0 Å². The number of phenols is 1. The van der Waals surface area contributed by atoms with Crippen LogP contribution in [-0.2, 0) is 38.2 Å². The van der Waals surface area contributed by atoms with Crippen LogP contribution in [0.5, 0.6) is 5.75 Å². The fourth-order valence-corrected chi connectivity index (χ4v) is 10.5. The Morgan fingerprint density at radius 1 is 0.938 bits per heavy atom. The number of hydrogen-bond acceptors (Lipinski definition) is 17. The minimum atomic E-state index is -1.02. The highest BCUT2D eigenvalue weighted by Crippen LogP contribution is 2.43. The van der Waals surface area contributed by atoms with Gasteiger partial charge in [-0.25, -0.2) is 18.7 Å². The van der Waals surface area contributed by atoms with E-state index in [1.165, 1.54) is 29.2 Å². The van der Waals surface area contributed by atoms with E-state index in [1.54, 1.807) is 42.5 Å². The first kappa shape index (κ1) is 60.9. The van der Waals surface area contributed by atoms with E-state index in [9.17, 15) is 38.6 Å². The molecule has 0 radical (unpaired) electrons. The number of halogens is 3. The van der Waals surface area contributed by atoms with Crippen molar-refractivity contribution >= 4 is 75.0 Å². The van der Waals surface area contributed by atoms with Gasteiger partial charge in [-0.3, -0.25) is 24.0 Å². The van der Waals surface area contributed by atoms with Crippen molar-refractivity contribution in [1.82, 2.24) is 40.7 Å². The first-order chi connectivity index (χ1) is 38.2. The van der Waals surface area contributed by atoms with Crippen molar-refractivity contribution in [3.05, 3.63) is 94.6 Å². The summed E-state index contributed by atoms with van der Waals surface area (Å²) in [5.74, 6) is -3.83. The molecule has 0 unspecified atom stereocenters. The number of Topliss-reactive ketones (excluding diaryl/α,β-unsaturated/α-hetero) is 1. The number of carbonyl (C=O) groups excluding carboxylic acids is 5. The van der Waals surface area contributed by atoms with Crippen LogP contribution in [0.4, 0.5) is 20.5 Å². The van der Waals surface area contributed by atoms with Crippen LogP contribution < -0.4 is 26.2 Å². The smallest absolute Gasteiger partial charge is 0.246 e. The number of aromatic nitrogens is 3. The minimum Gasteiger partial charge on any atom is -0.507 e. The number of thiazole rings is 1. The maximum Gasteiger partial charge on any atom is 0.246 e. The van der Waals surface area contributed by atoms with Gasteiger partial charge in [0.05, 0.1) is 78.4 Å². The largest absolute Gasteiger partial charge is 0.507 e. The number of β-amino-alcohol motifs (C(OH)–C–C–N with tert-alkyl or cyclic N) is 1. The molecular formula is C56H69ClF2N10O10S. The van der Waals surface area contributed by atoms with Crippen molar-refractivity contribution in [2.45, 2.75) is 71.7 Å². The molecule has 2 aliphatic heterocycles. The highest BCUT2D eigenvalue weighted by Gasteiger charge is 2.45. The Bertz CT molecular complexity index is 2990. The van der Waals surface area contributed by atoms with Gasteiger partial charge in [-0.2, -0.15) is 4.98 Å². The van der Waals surface area contributed by atoms with Crippen LogP contribution in [0.15, 0.2) is 66.7 Å². The summed E-state index contributed by atoms with van der Waals surface area (Å²) in [6.07, 6.45) is 0.444. The van der Waals surface area contributed by atoms with Gasteiger partial charge >= 0.3 is 0 Å². The molecule has 0 aliphatic carbocycles. The fourth-order valence-electron chi connectivity index (χ4n) is 9.35. The van der Waals surface area contributed by atoms with Gasteiger partial charge in [0.1, 0.15) is 47.4 Å². The second-order valence-electron chi connectivity index (χ2n) is 20.5. The molecule has 430 valence electrons. The third kappa shape index (κ3) is 15.6. The zero-order chi connectivity index (χ0) is 57.7. The van der Waals surface area contributed by atoms with Gasteiger partial charge in [-0.05, 0) is 54.7 Å². The highest BCUT2D eigenvalue weighted by molar-refractivity contribution is 7.13. The molecule has 20 nitrogen and oxygen atoms in total. The number of aromatic hydroxyl groups is 1. The topological polar surface area (TPSA) is 250 Å². The highest BCUT2D eigenvalue weighted by atomic mass is 35.5. The van der Waals surface area contributed by atoms with Gasteiger partial charge in [0.15, 0.2) is 5.82 Å². The van der Waals surface area contributed by atoms with E-state index in [0.29, 0.717) is 38.5 Å². The third-order valence-electron chi connectivity index (χ3n) is 13.6. The molecular weight excluding hydrogens is 1080 g/mol. The predicted molar refractivity (Wildman–Crippen MR) is 300 cm³/mol. The molecule has 4 atom stereocenters. The maximum atomic E-state index is 16.5. The molecule has 24 heteroatoms. The lowest BCUT2D eigenvalue weighted by atomic mass is 9.85. The molecule has 0 bridgehead atoms. The van der Waals surface area contributed by atoms with Crippen LogP contribution in [-0.4, -0.2) is 175 Å². The number of fused-ring (bicyclic) bond motifs is 1. The van der Waals surface area contributed by atoms with E-state index in [0.717, 1.165) is 27.8 Å². The van der Waals surface area contributed by atoms with Crippen LogP contribution in [0, 0.1) is 24.0 Å². The number of carbonyl (C=O) groups is 5. The number of hydrogen-bond donors (Lipinski definition) is 6. The van der Waals surface area contributed by atoms with Crippen molar-refractivity contribution in [3.63, 3.8) is 0 Å². The summed E-state index contributed by atoms with van der Waals surface area (Å²) in [4.78, 5) is 85.1. The zero-order valence-corrected chi connectivity index (χ0v) is 47.1. The molecule has 0 spiro atoms. The molecule has 4 heterocycles. The summed E-state index contributed by atoms with van der Waals surface area (Å²) in [7, 11) is 0. The van der Waals surface area contributed by atoms with Gasteiger partial charge in [-0.1, -0.05) is 69.3 Å². The number of ether oxygens (including phenoxy) is 3. The number of aliphatic hydroxyl groups is 1. The number of aliphatic hydroxyl groups excluding tert-OH is 1. The SMILES string of the molecule is C=CC(=O)N1CCN(c2nc(NCCC(=O)CNCCOCCOCCOCC(=O)N[C@H](C(=O)N3C[C@H](O)C[C@H]3C(=O)N[C@@H](C)c3ccc(-c4scnc4C)cc3)C(C)(C)C)nc3c(F)c(-c4c(O)cccc4F)c(Cl)cc23)CC1. The average molecular weight is 1150 g/mol. The number of anilines is 2. The Labute approximate surface area is 472 Å². The quantitative estimate of drug-likeness (QED) is 0.0292. The molecule has 7 rings (SSSR count). The van der Waals surface area contributed by atoms with E-state index in [1.807, 2.05) is 43.0 Å². The van der Waals surface area contributed by atoms with Crippen LogP contribution in [0.1, 0.15) is 57.8 Å². The lowest BCUT2D eigenvalue weighted by molar-refractivity contribution is -0.144. The molecule has 4 amide bonds. The average Bonchev–Trinajstić information content (AvgIpc) is 4.05. The Morgan fingerprint density at radius 2 is 1.64 bits per heavy atom. The van der Waals surface area contributed by atoms with E-state index >= 15 is 4.39 Å². The van der Waals surface area contributed by atoms with Gasteiger partial charge in [0.2, 0.25) is 29.6 Å². The number of amides is 4. The lowest BCUT2D eigenvalue weighted by Gasteiger charge is -2.35.